The van der Waals surface area contributed by atoms with E-state index in [9.17, 15) is 14.4 Å². The predicted molar refractivity (Wildman–Crippen MR) is 80.1 cm³/mol. The molecule has 118 valence electrons. The Balaban J connectivity index is 1.97. The van der Waals surface area contributed by atoms with Crippen LogP contribution in [0.3, 0.4) is 0 Å². The Bertz CT molecular complexity index is 692. The lowest BCUT2D eigenvalue weighted by Crippen LogP contribution is -2.50. The van der Waals surface area contributed by atoms with Gasteiger partial charge in [0.1, 0.15) is 5.82 Å². The van der Waals surface area contributed by atoms with Crippen molar-refractivity contribution < 1.29 is 9.59 Å². The van der Waals surface area contributed by atoms with E-state index in [-0.39, 0.29) is 23.5 Å². The van der Waals surface area contributed by atoms with Crippen LogP contribution in [-0.2, 0) is 11.2 Å². The number of aromatic nitrogens is 2. The summed E-state index contributed by atoms with van der Waals surface area (Å²) < 4.78 is 0. The van der Waals surface area contributed by atoms with E-state index in [2.05, 4.69) is 25.9 Å². The first-order valence-corrected chi connectivity index (χ1v) is 7.00. The van der Waals surface area contributed by atoms with Gasteiger partial charge in [-0.15, -0.1) is 0 Å². The van der Waals surface area contributed by atoms with Gasteiger partial charge < -0.3 is 20.9 Å². The Morgan fingerprint density at radius 1 is 1.36 bits per heavy atom. The first-order chi connectivity index (χ1) is 10.4. The van der Waals surface area contributed by atoms with Crippen LogP contribution in [0, 0.1) is 6.92 Å². The van der Waals surface area contributed by atoms with Crippen LogP contribution in [0.1, 0.15) is 25.4 Å². The van der Waals surface area contributed by atoms with Gasteiger partial charge in [-0.05, 0) is 20.8 Å². The molecule has 0 aromatic carbocycles. The number of allylic oxidation sites excluding steroid dienone is 1. The van der Waals surface area contributed by atoms with E-state index >= 15 is 0 Å². The average Bonchev–Trinajstić information content (AvgIpc) is 2.36. The molecule has 0 spiro atoms. The third-order valence-corrected chi connectivity index (χ3v) is 3.31. The summed E-state index contributed by atoms with van der Waals surface area (Å²) in [5.74, 6) is 0.291. The van der Waals surface area contributed by atoms with Crippen molar-refractivity contribution in [2.24, 2.45) is 0 Å². The SMILES string of the molecule is CC1=C(C(=O)NCCc2cc(=O)[nH]c(C)n2)[C@H](C)NC(=O)N1. The first-order valence-electron chi connectivity index (χ1n) is 7.00. The van der Waals surface area contributed by atoms with E-state index in [1.807, 2.05) is 0 Å². The lowest BCUT2D eigenvalue weighted by Gasteiger charge is -2.25. The molecule has 2 heterocycles. The summed E-state index contributed by atoms with van der Waals surface area (Å²) in [5.41, 5.74) is 1.45. The minimum absolute atomic E-state index is 0.208. The number of carbonyl (C=O) groups excluding carboxylic acids is 2. The van der Waals surface area contributed by atoms with Gasteiger partial charge in [0, 0.05) is 30.4 Å². The van der Waals surface area contributed by atoms with Crippen molar-refractivity contribution in [1.29, 1.82) is 0 Å². The van der Waals surface area contributed by atoms with E-state index < -0.39 is 0 Å². The predicted octanol–water partition coefficient (Wildman–Crippen LogP) is -0.288. The van der Waals surface area contributed by atoms with Gasteiger partial charge in [0.25, 0.3) is 11.5 Å². The number of hydrogen-bond acceptors (Lipinski definition) is 4. The standard InChI is InChI=1S/C14H19N5O3/c1-7-12(8(2)17-14(22)16-7)13(21)15-5-4-10-6-11(20)19-9(3)18-10/h6-7H,4-5H2,1-3H3,(H,15,21)(H2,16,17,22)(H,18,19,20)/t7-/m0/s1. The molecule has 1 aromatic heterocycles. The second kappa shape index (κ2) is 6.42. The minimum atomic E-state index is -0.353. The number of hydrogen-bond donors (Lipinski definition) is 4. The fourth-order valence-electron chi connectivity index (χ4n) is 2.40. The topological polar surface area (TPSA) is 116 Å². The molecule has 4 N–H and O–H groups in total. The lowest BCUT2D eigenvalue weighted by atomic mass is 10.0. The highest BCUT2D eigenvalue weighted by Crippen LogP contribution is 2.11. The number of aromatic amines is 1. The largest absolute Gasteiger partial charge is 0.352 e. The maximum absolute atomic E-state index is 12.2. The van der Waals surface area contributed by atoms with Crippen LogP contribution in [0.15, 0.2) is 22.1 Å². The van der Waals surface area contributed by atoms with Crippen molar-refractivity contribution in [1.82, 2.24) is 25.9 Å². The summed E-state index contributed by atoms with van der Waals surface area (Å²) in [4.78, 5) is 41.6. The van der Waals surface area contributed by atoms with Crippen molar-refractivity contribution in [3.8, 4) is 0 Å². The van der Waals surface area contributed by atoms with E-state index in [0.717, 1.165) is 0 Å². The van der Waals surface area contributed by atoms with Gasteiger partial charge in [-0.1, -0.05) is 0 Å². The molecule has 1 aliphatic heterocycles. The van der Waals surface area contributed by atoms with E-state index in [1.165, 1.54) is 6.07 Å². The molecule has 1 atom stereocenters. The second-order valence-electron chi connectivity index (χ2n) is 5.19. The number of aryl methyl sites for hydroxylation is 1. The van der Waals surface area contributed by atoms with Gasteiger partial charge in [0.15, 0.2) is 0 Å². The summed E-state index contributed by atoms with van der Waals surface area (Å²) in [6.45, 7) is 5.49. The molecule has 22 heavy (non-hydrogen) atoms. The van der Waals surface area contributed by atoms with E-state index in [0.29, 0.717) is 35.8 Å². The second-order valence-corrected chi connectivity index (χ2v) is 5.19. The van der Waals surface area contributed by atoms with Crippen molar-refractivity contribution in [3.05, 3.63) is 39.2 Å². The number of urea groups is 1. The number of nitrogens with zero attached hydrogens (tertiary/aromatic N) is 1. The fraction of sp³-hybridized carbons (Fsp3) is 0.429. The molecule has 2 rings (SSSR count). The van der Waals surface area contributed by atoms with Gasteiger partial charge in [0.2, 0.25) is 0 Å². The number of rotatable bonds is 4. The van der Waals surface area contributed by atoms with Crippen LogP contribution in [0.2, 0.25) is 0 Å². The Morgan fingerprint density at radius 3 is 2.73 bits per heavy atom. The molecule has 0 aliphatic carbocycles. The van der Waals surface area contributed by atoms with E-state index in [4.69, 9.17) is 0 Å². The zero-order valence-electron chi connectivity index (χ0n) is 12.7. The summed E-state index contributed by atoms with van der Waals surface area (Å²) in [5, 5.41) is 7.99. The van der Waals surface area contributed by atoms with Gasteiger partial charge >= 0.3 is 6.03 Å². The number of nitrogens with one attached hydrogen (secondary N) is 4. The van der Waals surface area contributed by atoms with Gasteiger partial charge in [-0.25, -0.2) is 9.78 Å². The maximum Gasteiger partial charge on any atom is 0.319 e. The smallest absolute Gasteiger partial charge is 0.319 e. The molecule has 8 heteroatoms. The Labute approximate surface area is 127 Å². The van der Waals surface area contributed by atoms with Crippen molar-refractivity contribution >= 4 is 11.9 Å². The van der Waals surface area contributed by atoms with Gasteiger partial charge in [0.05, 0.1) is 11.6 Å². The van der Waals surface area contributed by atoms with Crippen molar-refractivity contribution in [2.45, 2.75) is 33.2 Å². The quantitative estimate of drug-likeness (QED) is 0.612. The third kappa shape index (κ3) is 3.72. The Morgan fingerprint density at radius 2 is 2.09 bits per heavy atom. The highest BCUT2D eigenvalue weighted by Gasteiger charge is 2.26. The molecule has 3 amide bonds. The summed E-state index contributed by atoms with van der Waals surface area (Å²) in [7, 11) is 0. The molecular formula is C14H19N5O3. The van der Waals surface area contributed by atoms with Crippen molar-refractivity contribution in [2.75, 3.05) is 6.54 Å². The number of amides is 3. The number of carbonyl (C=O) groups is 2. The lowest BCUT2D eigenvalue weighted by molar-refractivity contribution is -0.117. The first kappa shape index (κ1) is 15.7. The zero-order valence-corrected chi connectivity index (χ0v) is 12.7. The molecule has 0 saturated heterocycles. The van der Waals surface area contributed by atoms with Gasteiger partial charge in [-0.2, -0.15) is 0 Å². The van der Waals surface area contributed by atoms with Crippen LogP contribution in [0.4, 0.5) is 4.79 Å². The number of H-pyrrole nitrogens is 1. The molecule has 0 fully saturated rings. The molecule has 0 unspecified atom stereocenters. The fourth-order valence-corrected chi connectivity index (χ4v) is 2.40. The average molecular weight is 305 g/mol. The molecule has 1 aliphatic rings. The van der Waals surface area contributed by atoms with Crippen LogP contribution in [0.5, 0.6) is 0 Å². The molecular weight excluding hydrogens is 286 g/mol. The zero-order chi connectivity index (χ0) is 16.3. The minimum Gasteiger partial charge on any atom is -0.352 e. The third-order valence-electron chi connectivity index (χ3n) is 3.31. The van der Waals surface area contributed by atoms with Crippen LogP contribution in [-0.4, -0.2) is 34.5 Å². The van der Waals surface area contributed by atoms with Gasteiger partial charge in [-0.3, -0.25) is 9.59 Å². The normalized spacial score (nSPS) is 17.8. The van der Waals surface area contributed by atoms with Crippen LogP contribution in [0.25, 0.3) is 0 Å². The Kier molecular flexibility index (Phi) is 4.59. The highest BCUT2D eigenvalue weighted by atomic mass is 16.2. The highest BCUT2D eigenvalue weighted by molar-refractivity contribution is 5.98. The monoisotopic (exact) mass is 305 g/mol. The molecule has 0 radical (unpaired) electrons. The van der Waals surface area contributed by atoms with Crippen LogP contribution >= 0.6 is 0 Å². The van der Waals surface area contributed by atoms with Crippen LogP contribution < -0.4 is 21.5 Å². The molecule has 8 nitrogen and oxygen atoms in total. The Hall–Kier alpha value is -2.64. The van der Waals surface area contributed by atoms with E-state index in [1.54, 1.807) is 20.8 Å². The summed E-state index contributed by atoms with van der Waals surface area (Å²) >= 11 is 0. The molecule has 0 bridgehead atoms. The van der Waals surface area contributed by atoms with Crippen molar-refractivity contribution in [3.63, 3.8) is 0 Å². The molecule has 0 saturated carbocycles. The molecule has 1 aromatic rings. The summed E-state index contributed by atoms with van der Waals surface area (Å²) in [6.07, 6.45) is 0.455. The maximum atomic E-state index is 12.2. The summed E-state index contributed by atoms with van der Waals surface area (Å²) in [6, 6.07) is 0.743.